The van der Waals surface area contributed by atoms with E-state index in [1.54, 1.807) is 35.3 Å². The highest BCUT2D eigenvalue weighted by molar-refractivity contribution is 6.03. The third kappa shape index (κ3) is 9.86. The molecule has 1 aliphatic heterocycles. The van der Waals surface area contributed by atoms with Crippen LogP contribution in [0.25, 0.3) is 10.8 Å². The van der Waals surface area contributed by atoms with Crippen LogP contribution in [-0.4, -0.2) is 76.7 Å². The first-order valence-electron chi connectivity index (χ1n) is 22.4. The fourth-order valence-electron chi connectivity index (χ4n) is 9.88. The van der Waals surface area contributed by atoms with Crippen molar-refractivity contribution in [3.8, 4) is 17.2 Å². The molecule has 2 aliphatic carbocycles. The molecule has 1 fully saturated rings. The van der Waals surface area contributed by atoms with Crippen molar-refractivity contribution < 1.29 is 43.7 Å². The Morgan fingerprint density at radius 3 is 2.50 bits per heavy atom. The molecule has 0 unspecified atom stereocenters. The molecular formula is C51H59N3O10. The van der Waals surface area contributed by atoms with Gasteiger partial charge in [-0.1, -0.05) is 84.8 Å². The number of aliphatic hydroxyl groups excluding tert-OH is 2. The summed E-state index contributed by atoms with van der Waals surface area (Å²) in [5.74, 6) is -1.09. The van der Waals surface area contributed by atoms with E-state index in [-0.39, 0.29) is 62.8 Å². The van der Waals surface area contributed by atoms with Crippen LogP contribution in [-0.2, 0) is 20.9 Å². The zero-order valence-electron chi connectivity index (χ0n) is 36.5. The average Bonchev–Trinajstić information content (AvgIpc) is 3.31. The number of hydrogen-bond acceptors (Lipinski definition) is 11. The van der Waals surface area contributed by atoms with E-state index in [4.69, 9.17) is 28.9 Å². The van der Waals surface area contributed by atoms with Crippen molar-refractivity contribution in [3.05, 3.63) is 143 Å². The van der Waals surface area contributed by atoms with Gasteiger partial charge < -0.3 is 34.0 Å². The van der Waals surface area contributed by atoms with E-state index in [0.29, 0.717) is 48.8 Å². The van der Waals surface area contributed by atoms with Gasteiger partial charge in [0, 0.05) is 37.2 Å². The van der Waals surface area contributed by atoms with Gasteiger partial charge in [0.15, 0.2) is 0 Å². The Balaban J connectivity index is 1.46. The molecule has 7 rings (SSSR count). The van der Waals surface area contributed by atoms with Crippen molar-refractivity contribution in [1.82, 2.24) is 4.90 Å². The predicted octanol–water partition coefficient (Wildman–Crippen LogP) is 10.4. The van der Waals surface area contributed by atoms with Crippen molar-refractivity contribution in [3.63, 3.8) is 0 Å². The number of unbranched alkanes of at least 4 members (excludes halogenated alkanes) is 2. The smallest absolute Gasteiger partial charge is 0.410 e. The number of nitrogens with zero attached hydrogens (tertiary/aromatic N) is 3. The summed E-state index contributed by atoms with van der Waals surface area (Å²) in [6, 6.07) is 24.9. The lowest BCUT2D eigenvalue weighted by atomic mass is 9.55. The standard InChI is InChI=1S/C51H59N3O10/c1-4-7-29-60-50(57)53(34-37-19-14-18-35-16-8-9-22-41(35)37)47-33-45(52-62-6-3)43-30-36(17-10-12-26-55)42(23-11-13-27-56)48-44-32-40(63-39-21-15-20-38(31-39)54(58)59)24-25-46(44)64-51(47,49(43)48)61-28-5-2/h4-5,8-9,14-16,18-22,24-25,30-32,36,42,47-49,55-56H,1-2,6-7,10-13,17,23,26-29,33-34H2,3H3/t36-,42+,47-,48+,49+,51+/m0/s1. The summed E-state index contributed by atoms with van der Waals surface area (Å²) in [5.41, 5.74) is 3.23. The van der Waals surface area contributed by atoms with Crippen LogP contribution in [0.2, 0.25) is 0 Å². The van der Waals surface area contributed by atoms with E-state index in [2.05, 4.69) is 19.2 Å². The van der Waals surface area contributed by atoms with E-state index in [1.165, 1.54) is 12.1 Å². The summed E-state index contributed by atoms with van der Waals surface area (Å²) in [7, 11) is 0. The largest absolute Gasteiger partial charge is 0.459 e. The number of nitro benzene ring substituents is 1. The monoisotopic (exact) mass is 873 g/mol. The van der Waals surface area contributed by atoms with Crippen LogP contribution < -0.4 is 9.47 Å². The third-order valence-electron chi connectivity index (χ3n) is 12.6. The van der Waals surface area contributed by atoms with Crippen LogP contribution in [0.1, 0.15) is 75.3 Å². The minimum atomic E-state index is -1.52. The van der Waals surface area contributed by atoms with Crippen LogP contribution in [0, 0.1) is 27.9 Å². The molecule has 13 nitrogen and oxygen atoms in total. The first-order chi connectivity index (χ1) is 31.3. The van der Waals surface area contributed by atoms with Gasteiger partial charge in [-0.2, -0.15) is 0 Å². The third-order valence-corrected chi connectivity index (χ3v) is 12.6. The van der Waals surface area contributed by atoms with Crippen molar-refractivity contribution in [2.75, 3.05) is 33.0 Å². The van der Waals surface area contributed by atoms with Crippen LogP contribution in [0.15, 0.2) is 127 Å². The molecule has 1 amide bonds. The molecule has 1 saturated carbocycles. The maximum atomic E-state index is 14.8. The number of carbonyl (C=O) groups is 1. The second kappa shape index (κ2) is 21.6. The van der Waals surface area contributed by atoms with Crippen LogP contribution in [0.3, 0.4) is 0 Å². The van der Waals surface area contributed by atoms with Gasteiger partial charge in [0.2, 0.25) is 5.79 Å². The minimum Gasteiger partial charge on any atom is -0.459 e. The molecule has 4 aromatic rings. The van der Waals surface area contributed by atoms with Gasteiger partial charge in [-0.15, -0.1) is 13.2 Å². The molecule has 0 saturated heterocycles. The van der Waals surface area contributed by atoms with Crippen LogP contribution in [0.5, 0.6) is 17.2 Å². The van der Waals surface area contributed by atoms with Gasteiger partial charge >= 0.3 is 6.09 Å². The summed E-state index contributed by atoms with van der Waals surface area (Å²) in [6.07, 6.45) is 10.1. The summed E-state index contributed by atoms with van der Waals surface area (Å²) < 4.78 is 26.9. The number of nitro groups is 1. The lowest BCUT2D eigenvalue weighted by Gasteiger charge is -2.59. The number of ether oxygens (including phenoxy) is 4. The predicted molar refractivity (Wildman–Crippen MR) is 245 cm³/mol. The number of non-ortho nitro benzene ring substituents is 1. The number of benzene rings is 4. The molecule has 3 aliphatic rings. The first kappa shape index (κ1) is 46.0. The molecule has 13 heteroatoms. The van der Waals surface area contributed by atoms with E-state index in [1.807, 2.05) is 61.5 Å². The van der Waals surface area contributed by atoms with Crippen molar-refractivity contribution in [2.24, 2.45) is 22.9 Å². The Labute approximate surface area is 374 Å². The van der Waals surface area contributed by atoms with Crippen molar-refractivity contribution >= 4 is 28.3 Å². The second-order valence-corrected chi connectivity index (χ2v) is 16.5. The number of oxime groups is 1. The molecule has 0 aromatic heterocycles. The van der Waals surface area contributed by atoms with Gasteiger partial charge in [0.1, 0.15) is 29.9 Å². The lowest BCUT2D eigenvalue weighted by molar-refractivity contribution is -0.384. The average molecular weight is 874 g/mol. The quantitative estimate of drug-likeness (QED) is 0.0336. The highest BCUT2D eigenvalue weighted by Crippen LogP contribution is 2.62. The van der Waals surface area contributed by atoms with Gasteiger partial charge in [-0.05, 0) is 97.0 Å². The number of carbonyl (C=O) groups excluding carboxylic acids is 1. The zero-order valence-corrected chi connectivity index (χ0v) is 36.5. The van der Waals surface area contributed by atoms with Gasteiger partial charge in [-0.3, -0.25) is 15.0 Å². The normalized spacial score (nSPS) is 22.6. The van der Waals surface area contributed by atoms with Crippen LogP contribution in [0.4, 0.5) is 10.5 Å². The zero-order chi connectivity index (χ0) is 45.1. The summed E-state index contributed by atoms with van der Waals surface area (Å²) >= 11 is 0. The van der Waals surface area contributed by atoms with E-state index in [0.717, 1.165) is 53.2 Å². The highest BCUT2D eigenvalue weighted by Gasteiger charge is 2.65. The first-order valence-corrected chi connectivity index (χ1v) is 22.4. The van der Waals surface area contributed by atoms with Gasteiger partial charge in [0.25, 0.3) is 5.69 Å². The van der Waals surface area contributed by atoms with Crippen molar-refractivity contribution in [2.45, 2.75) is 82.6 Å². The Kier molecular flexibility index (Phi) is 15.5. The fourth-order valence-corrected chi connectivity index (χ4v) is 9.88. The Morgan fingerprint density at radius 1 is 0.969 bits per heavy atom. The number of fused-ring (bicyclic) bond motifs is 3. The Bertz CT molecular complexity index is 2340. The molecular weight excluding hydrogens is 815 g/mol. The fraction of sp³-hybridized carbons (Fsp3) is 0.412. The number of amides is 1. The summed E-state index contributed by atoms with van der Waals surface area (Å²) in [6.45, 7) is 10.6. The maximum absolute atomic E-state index is 14.8. The number of rotatable bonds is 22. The molecule has 0 spiro atoms. The maximum Gasteiger partial charge on any atom is 0.410 e. The SMILES string of the molecule is C=CCCOC(=O)N(Cc1cccc2ccccc12)[C@H]1CC(=NOCC)C2=C[C@H](CCCCO)[C@@H](CCCCO)[C@@H]3c4cc(Oc5cccc([N+](=O)[O-])c5)ccc4O[C@@]1(OCC=C)[C@H]23. The molecule has 2 N–H and O–H groups in total. The van der Waals surface area contributed by atoms with E-state index in [9.17, 15) is 25.1 Å². The molecule has 0 radical (unpaired) electrons. The molecule has 0 bridgehead atoms. The molecule has 1 heterocycles. The lowest BCUT2D eigenvalue weighted by Crippen LogP contribution is -2.70. The number of hydrogen-bond donors (Lipinski definition) is 2. The second-order valence-electron chi connectivity index (χ2n) is 16.5. The Morgan fingerprint density at radius 2 is 1.73 bits per heavy atom. The molecule has 6 atom stereocenters. The van der Waals surface area contributed by atoms with E-state index < -0.39 is 28.8 Å². The minimum absolute atomic E-state index is 0.0184. The number of aliphatic hydroxyl groups is 2. The molecule has 338 valence electrons. The van der Waals surface area contributed by atoms with Crippen molar-refractivity contribution in [1.29, 1.82) is 0 Å². The van der Waals surface area contributed by atoms with Crippen LogP contribution >= 0.6 is 0 Å². The van der Waals surface area contributed by atoms with Gasteiger partial charge in [-0.25, -0.2) is 4.79 Å². The Hall–Kier alpha value is -6.02. The van der Waals surface area contributed by atoms with E-state index >= 15 is 0 Å². The highest BCUT2D eigenvalue weighted by atomic mass is 16.7. The summed E-state index contributed by atoms with van der Waals surface area (Å²) in [5, 5.41) is 38.4. The number of allylic oxidation sites excluding steroid dienone is 1. The summed E-state index contributed by atoms with van der Waals surface area (Å²) in [4.78, 5) is 33.7. The molecule has 64 heavy (non-hydrogen) atoms. The molecule has 4 aromatic carbocycles. The van der Waals surface area contributed by atoms with Gasteiger partial charge in [0.05, 0.1) is 42.4 Å². The topological polar surface area (TPSA) is 162 Å².